The first kappa shape index (κ1) is 17.9. The zero-order valence-corrected chi connectivity index (χ0v) is 15.7. The van der Waals surface area contributed by atoms with E-state index in [2.05, 4.69) is 10.3 Å². The lowest BCUT2D eigenvalue weighted by Crippen LogP contribution is -2.12. The lowest BCUT2D eigenvalue weighted by atomic mass is 10.1. The highest BCUT2D eigenvalue weighted by Gasteiger charge is 2.10. The molecule has 0 unspecified atom stereocenters. The number of aryl methyl sites for hydroxylation is 2. The van der Waals surface area contributed by atoms with E-state index in [-0.39, 0.29) is 5.91 Å². The number of thiazole rings is 1. The van der Waals surface area contributed by atoms with Crippen molar-refractivity contribution < 1.29 is 14.3 Å². The van der Waals surface area contributed by atoms with Gasteiger partial charge in [-0.25, -0.2) is 4.98 Å². The molecule has 0 aliphatic heterocycles. The number of ether oxygens (including phenoxy) is 2. The summed E-state index contributed by atoms with van der Waals surface area (Å²) in [5.74, 6) is 1.13. The van der Waals surface area contributed by atoms with Gasteiger partial charge in [0.05, 0.1) is 12.8 Å². The van der Waals surface area contributed by atoms with E-state index in [1.165, 1.54) is 0 Å². The third-order valence-electron chi connectivity index (χ3n) is 3.75. The van der Waals surface area contributed by atoms with Crippen LogP contribution >= 0.6 is 11.3 Å². The molecule has 0 aliphatic carbocycles. The molecule has 3 rings (SSSR count). The van der Waals surface area contributed by atoms with Gasteiger partial charge in [0.1, 0.15) is 23.1 Å². The number of nitrogens with one attached hydrogen (secondary N) is 1. The van der Waals surface area contributed by atoms with Crippen LogP contribution in [0.15, 0.2) is 47.8 Å². The molecule has 0 aliphatic rings. The van der Waals surface area contributed by atoms with Gasteiger partial charge in [-0.15, -0.1) is 11.3 Å². The molecule has 6 heteroatoms. The van der Waals surface area contributed by atoms with E-state index in [1.807, 2.05) is 37.4 Å². The fraction of sp³-hybridized carbons (Fsp3) is 0.200. The molecular weight excluding hydrogens is 348 g/mol. The van der Waals surface area contributed by atoms with Crippen LogP contribution in [0.4, 0.5) is 5.69 Å². The molecule has 1 N–H and O–H groups in total. The van der Waals surface area contributed by atoms with E-state index < -0.39 is 0 Å². The minimum atomic E-state index is -0.198. The lowest BCUT2D eigenvalue weighted by molar-refractivity contribution is 0.102. The van der Waals surface area contributed by atoms with Crippen LogP contribution in [0, 0.1) is 13.8 Å². The molecule has 3 aromatic rings. The Kier molecular flexibility index (Phi) is 5.53. The quantitative estimate of drug-likeness (QED) is 0.691. The number of aromatic nitrogens is 1. The van der Waals surface area contributed by atoms with Crippen LogP contribution in [0.3, 0.4) is 0 Å². The van der Waals surface area contributed by atoms with Crippen LogP contribution in [-0.2, 0) is 6.61 Å². The van der Waals surface area contributed by atoms with Gasteiger partial charge in [-0.1, -0.05) is 6.07 Å². The number of anilines is 1. The van der Waals surface area contributed by atoms with Crippen molar-refractivity contribution in [2.75, 3.05) is 12.4 Å². The maximum absolute atomic E-state index is 12.5. The fourth-order valence-corrected chi connectivity index (χ4v) is 3.11. The Morgan fingerprint density at radius 2 is 1.92 bits per heavy atom. The van der Waals surface area contributed by atoms with Crippen molar-refractivity contribution in [1.82, 2.24) is 4.98 Å². The van der Waals surface area contributed by atoms with E-state index in [0.717, 1.165) is 16.3 Å². The molecule has 0 spiro atoms. The van der Waals surface area contributed by atoms with E-state index >= 15 is 0 Å². The van der Waals surface area contributed by atoms with Crippen molar-refractivity contribution in [3.05, 3.63) is 69.7 Å². The summed E-state index contributed by atoms with van der Waals surface area (Å²) in [7, 11) is 1.58. The van der Waals surface area contributed by atoms with Crippen LogP contribution in [0.5, 0.6) is 11.5 Å². The SMILES string of the molecule is COc1ccc(C)cc1NC(=O)c1ccc(OCc2nc(C)cs2)cc1. The number of amides is 1. The molecule has 0 saturated carbocycles. The topological polar surface area (TPSA) is 60.5 Å². The van der Waals surface area contributed by atoms with Gasteiger partial charge >= 0.3 is 0 Å². The van der Waals surface area contributed by atoms with Crippen molar-refractivity contribution in [1.29, 1.82) is 0 Å². The zero-order chi connectivity index (χ0) is 18.5. The van der Waals surface area contributed by atoms with Crippen LogP contribution in [0.2, 0.25) is 0 Å². The number of benzene rings is 2. The Morgan fingerprint density at radius 1 is 1.15 bits per heavy atom. The van der Waals surface area contributed by atoms with Crippen LogP contribution < -0.4 is 14.8 Å². The smallest absolute Gasteiger partial charge is 0.255 e. The molecule has 1 heterocycles. The Balaban J connectivity index is 1.64. The van der Waals surface area contributed by atoms with Crippen LogP contribution in [-0.4, -0.2) is 18.0 Å². The maximum Gasteiger partial charge on any atom is 0.255 e. The highest BCUT2D eigenvalue weighted by molar-refractivity contribution is 7.09. The molecule has 134 valence electrons. The fourth-order valence-electron chi connectivity index (χ4n) is 2.43. The number of hydrogen-bond acceptors (Lipinski definition) is 5. The molecule has 1 amide bonds. The molecule has 0 bridgehead atoms. The second-order valence-electron chi connectivity index (χ2n) is 5.85. The largest absolute Gasteiger partial charge is 0.495 e. The summed E-state index contributed by atoms with van der Waals surface area (Å²) in [4.78, 5) is 16.8. The first-order valence-electron chi connectivity index (χ1n) is 8.15. The molecule has 0 radical (unpaired) electrons. The van der Waals surface area contributed by atoms with Gasteiger partial charge < -0.3 is 14.8 Å². The average Bonchev–Trinajstić information content (AvgIpc) is 3.06. The van der Waals surface area contributed by atoms with Gasteiger partial charge in [0, 0.05) is 16.6 Å². The van der Waals surface area contributed by atoms with Gasteiger partial charge in [0.25, 0.3) is 5.91 Å². The summed E-state index contributed by atoms with van der Waals surface area (Å²) in [5, 5.41) is 5.80. The molecule has 2 aromatic carbocycles. The first-order valence-corrected chi connectivity index (χ1v) is 9.03. The van der Waals surface area contributed by atoms with Gasteiger partial charge in [0.15, 0.2) is 0 Å². The van der Waals surface area contributed by atoms with E-state index in [9.17, 15) is 4.79 Å². The number of rotatable bonds is 6. The summed E-state index contributed by atoms with van der Waals surface area (Å²) in [5.41, 5.74) is 3.23. The summed E-state index contributed by atoms with van der Waals surface area (Å²) >= 11 is 1.57. The highest BCUT2D eigenvalue weighted by atomic mass is 32.1. The Morgan fingerprint density at radius 3 is 2.58 bits per heavy atom. The summed E-state index contributed by atoms with van der Waals surface area (Å²) < 4.78 is 11.0. The number of carbonyl (C=O) groups excluding carboxylic acids is 1. The number of nitrogens with zero attached hydrogens (tertiary/aromatic N) is 1. The second kappa shape index (κ2) is 8.01. The molecular formula is C20H20N2O3S. The summed E-state index contributed by atoms with van der Waals surface area (Å²) in [6, 6.07) is 12.7. The molecule has 1 aromatic heterocycles. The minimum Gasteiger partial charge on any atom is -0.495 e. The average molecular weight is 368 g/mol. The first-order chi connectivity index (χ1) is 12.5. The molecule has 0 atom stereocenters. The number of methoxy groups -OCH3 is 1. The zero-order valence-electron chi connectivity index (χ0n) is 14.9. The van der Waals surface area contributed by atoms with Crippen molar-refractivity contribution in [3.8, 4) is 11.5 Å². The van der Waals surface area contributed by atoms with Crippen molar-refractivity contribution in [3.63, 3.8) is 0 Å². The standard InChI is InChI=1S/C20H20N2O3S/c1-13-4-9-18(24-3)17(10-13)22-20(23)15-5-7-16(8-6-15)25-11-19-21-14(2)12-26-19/h4-10,12H,11H2,1-3H3,(H,22,23). The van der Waals surface area contributed by atoms with Gasteiger partial charge in [-0.2, -0.15) is 0 Å². The van der Waals surface area contributed by atoms with Crippen LogP contribution in [0.1, 0.15) is 26.6 Å². The molecule has 5 nitrogen and oxygen atoms in total. The molecule has 26 heavy (non-hydrogen) atoms. The normalized spacial score (nSPS) is 10.4. The summed E-state index contributed by atoms with van der Waals surface area (Å²) in [6.07, 6.45) is 0. The van der Waals surface area contributed by atoms with Gasteiger partial charge in [0.2, 0.25) is 0 Å². The van der Waals surface area contributed by atoms with E-state index in [4.69, 9.17) is 9.47 Å². The van der Waals surface area contributed by atoms with Gasteiger partial charge in [-0.05, 0) is 55.8 Å². The lowest BCUT2D eigenvalue weighted by Gasteiger charge is -2.11. The number of carbonyl (C=O) groups is 1. The molecule has 0 saturated heterocycles. The van der Waals surface area contributed by atoms with Gasteiger partial charge in [-0.3, -0.25) is 4.79 Å². The Hall–Kier alpha value is -2.86. The van der Waals surface area contributed by atoms with Crippen LogP contribution in [0.25, 0.3) is 0 Å². The monoisotopic (exact) mass is 368 g/mol. The third-order valence-corrected chi connectivity index (χ3v) is 4.69. The third kappa shape index (κ3) is 4.40. The van der Waals surface area contributed by atoms with Crippen molar-refractivity contribution in [2.24, 2.45) is 0 Å². The second-order valence-corrected chi connectivity index (χ2v) is 6.80. The predicted octanol–water partition coefficient (Wildman–Crippen LogP) is 4.60. The Labute approximate surface area is 156 Å². The number of hydrogen-bond donors (Lipinski definition) is 1. The van der Waals surface area contributed by atoms with Crippen molar-refractivity contribution in [2.45, 2.75) is 20.5 Å². The van der Waals surface area contributed by atoms with E-state index in [1.54, 1.807) is 42.7 Å². The summed E-state index contributed by atoms with van der Waals surface area (Å²) in [6.45, 7) is 4.34. The predicted molar refractivity (Wildman–Crippen MR) is 103 cm³/mol. The highest BCUT2D eigenvalue weighted by Crippen LogP contribution is 2.26. The minimum absolute atomic E-state index is 0.198. The van der Waals surface area contributed by atoms with E-state index in [0.29, 0.717) is 29.4 Å². The van der Waals surface area contributed by atoms with Crippen molar-refractivity contribution >= 4 is 22.9 Å². The molecule has 0 fully saturated rings. The maximum atomic E-state index is 12.5. The Bertz CT molecular complexity index is 904.